The van der Waals surface area contributed by atoms with E-state index in [9.17, 15) is 9.59 Å². The van der Waals surface area contributed by atoms with E-state index in [1.807, 2.05) is 6.92 Å². The van der Waals surface area contributed by atoms with E-state index in [2.05, 4.69) is 21.8 Å². The average Bonchev–Trinajstić information content (AvgIpc) is 2.02. The molecule has 0 radical (unpaired) electrons. The summed E-state index contributed by atoms with van der Waals surface area (Å²) in [6.45, 7) is 5.54. The number of rotatable bonds is 3. The summed E-state index contributed by atoms with van der Waals surface area (Å²) in [6, 6.07) is 0. The molecular formula is C7H9N3O2S. The smallest absolute Gasteiger partial charge is 0.271 e. The summed E-state index contributed by atoms with van der Waals surface area (Å²) in [6.07, 6.45) is 0. The van der Waals surface area contributed by atoms with Crippen LogP contribution in [0, 0.1) is 0 Å². The van der Waals surface area contributed by atoms with Crippen molar-refractivity contribution in [2.24, 2.45) is 0 Å². The molecule has 1 heterocycles. The number of thioether (sulfide) groups is 1. The van der Waals surface area contributed by atoms with Crippen LogP contribution in [0.4, 0.5) is 0 Å². The lowest BCUT2D eigenvalue weighted by molar-refractivity contribution is 0.807. The fourth-order valence-electron chi connectivity index (χ4n) is 0.626. The van der Waals surface area contributed by atoms with Crippen LogP contribution in [0.5, 0.6) is 0 Å². The summed E-state index contributed by atoms with van der Waals surface area (Å²) < 4.78 is 0. The topological polar surface area (TPSA) is 78.6 Å². The molecule has 0 saturated carbocycles. The number of nitrogens with zero attached hydrogens (tertiary/aromatic N) is 1. The van der Waals surface area contributed by atoms with Gasteiger partial charge in [-0.15, -0.1) is 0 Å². The van der Waals surface area contributed by atoms with Gasteiger partial charge < -0.3 is 0 Å². The first-order valence-electron chi connectivity index (χ1n) is 3.56. The van der Waals surface area contributed by atoms with Gasteiger partial charge in [-0.3, -0.25) is 9.78 Å². The Kier molecular flexibility index (Phi) is 3.07. The summed E-state index contributed by atoms with van der Waals surface area (Å²) >= 11 is 1.24. The third-order valence-corrected chi connectivity index (χ3v) is 2.32. The van der Waals surface area contributed by atoms with E-state index in [1.54, 1.807) is 0 Å². The molecule has 70 valence electrons. The van der Waals surface area contributed by atoms with Crippen LogP contribution >= 0.6 is 11.8 Å². The van der Waals surface area contributed by atoms with Crippen LogP contribution in [0.1, 0.15) is 6.92 Å². The van der Waals surface area contributed by atoms with E-state index < -0.39 is 11.2 Å². The minimum absolute atomic E-state index is 0.252. The van der Waals surface area contributed by atoms with Crippen molar-refractivity contribution in [3.05, 3.63) is 33.0 Å². The summed E-state index contributed by atoms with van der Waals surface area (Å²) in [5.41, 5.74) is -0.114. The van der Waals surface area contributed by atoms with E-state index >= 15 is 0 Å². The van der Waals surface area contributed by atoms with Gasteiger partial charge in [-0.2, -0.15) is 5.10 Å². The minimum Gasteiger partial charge on any atom is -0.271 e. The van der Waals surface area contributed by atoms with E-state index in [4.69, 9.17) is 0 Å². The molecule has 0 aliphatic carbocycles. The van der Waals surface area contributed by atoms with Gasteiger partial charge in [0.15, 0.2) is 5.03 Å². The molecule has 0 aliphatic rings. The minimum atomic E-state index is -0.593. The van der Waals surface area contributed by atoms with Crippen molar-refractivity contribution >= 4 is 11.8 Å². The van der Waals surface area contributed by atoms with Crippen molar-refractivity contribution in [2.45, 2.75) is 11.9 Å². The van der Waals surface area contributed by atoms with Gasteiger partial charge in [0, 0.05) is 5.75 Å². The second-order valence-corrected chi connectivity index (χ2v) is 3.52. The molecule has 0 saturated heterocycles. The lowest BCUT2D eigenvalue weighted by Gasteiger charge is -1.96. The van der Waals surface area contributed by atoms with Gasteiger partial charge in [-0.05, 0) is 6.92 Å². The molecule has 1 aromatic rings. The Morgan fingerprint density at radius 3 is 2.85 bits per heavy atom. The van der Waals surface area contributed by atoms with Gasteiger partial charge in [0.05, 0.1) is 0 Å². The molecule has 0 atom stereocenters. The number of nitrogens with one attached hydrogen (secondary N) is 2. The van der Waals surface area contributed by atoms with Crippen LogP contribution in [0.25, 0.3) is 0 Å². The zero-order chi connectivity index (χ0) is 9.84. The summed E-state index contributed by atoms with van der Waals surface area (Å²) in [5.74, 6) is 0.613. The SMILES string of the molecule is C=C(C)CSc1n[nH]c(=O)[nH]c1=O. The Morgan fingerprint density at radius 1 is 1.62 bits per heavy atom. The predicted molar refractivity (Wildman–Crippen MR) is 51.0 cm³/mol. The highest BCUT2D eigenvalue weighted by molar-refractivity contribution is 7.99. The average molecular weight is 199 g/mol. The molecule has 0 amide bonds. The van der Waals surface area contributed by atoms with Gasteiger partial charge in [-0.25, -0.2) is 9.89 Å². The molecule has 5 nitrogen and oxygen atoms in total. The summed E-state index contributed by atoms with van der Waals surface area (Å²) in [7, 11) is 0. The first-order valence-corrected chi connectivity index (χ1v) is 4.54. The maximum atomic E-state index is 11.1. The van der Waals surface area contributed by atoms with Crippen LogP contribution in [0.3, 0.4) is 0 Å². The van der Waals surface area contributed by atoms with E-state index in [-0.39, 0.29) is 5.03 Å². The first-order chi connectivity index (χ1) is 6.09. The maximum absolute atomic E-state index is 11.1. The van der Waals surface area contributed by atoms with Gasteiger partial charge in [0.25, 0.3) is 5.56 Å². The van der Waals surface area contributed by atoms with Crippen LogP contribution in [0.15, 0.2) is 26.8 Å². The predicted octanol–water partition coefficient (Wildman–Crippen LogP) is 0.126. The molecular weight excluding hydrogens is 190 g/mol. The highest BCUT2D eigenvalue weighted by atomic mass is 32.2. The number of aromatic nitrogens is 3. The molecule has 0 aliphatic heterocycles. The quantitative estimate of drug-likeness (QED) is 0.535. The zero-order valence-electron chi connectivity index (χ0n) is 7.09. The number of aromatic amines is 2. The Hall–Kier alpha value is -1.30. The fraction of sp³-hybridized carbons (Fsp3) is 0.286. The number of hydrogen-bond donors (Lipinski definition) is 2. The van der Waals surface area contributed by atoms with Crippen LogP contribution < -0.4 is 11.2 Å². The Labute approximate surface area is 78.3 Å². The Bertz CT molecular complexity index is 420. The monoisotopic (exact) mass is 199 g/mol. The second-order valence-electron chi connectivity index (χ2n) is 2.56. The standard InChI is InChI=1S/C7H9N3O2S/c1-4(2)3-13-6-5(11)8-7(12)10-9-6/h1,3H2,2H3,(H2,8,10,11,12). The molecule has 0 aromatic carbocycles. The molecule has 2 N–H and O–H groups in total. The summed E-state index contributed by atoms with van der Waals surface area (Å²) in [5, 5.41) is 6.00. The Balaban J connectivity index is 2.84. The molecule has 0 spiro atoms. The van der Waals surface area contributed by atoms with Crippen molar-refractivity contribution in [3.8, 4) is 0 Å². The molecule has 1 rings (SSSR count). The van der Waals surface area contributed by atoms with Gasteiger partial charge in [-0.1, -0.05) is 23.9 Å². The van der Waals surface area contributed by atoms with Crippen molar-refractivity contribution in [2.75, 3.05) is 5.75 Å². The van der Waals surface area contributed by atoms with Gasteiger partial charge >= 0.3 is 5.69 Å². The number of hydrogen-bond acceptors (Lipinski definition) is 4. The molecule has 0 bridgehead atoms. The Morgan fingerprint density at radius 2 is 2.31 bits per heavy atom. The van der Waals surface area contributed by atoms with Crippen LogP contribution in [0.2, 0.25) is 0 Å². The highest BCUT2D eigenvalue weighted by Gasteiger charge is 2.01. The van der Waals surface area contributed by atoms with E-state index in [0.717, 1.165) is 5.57 Å². The van der Waals surface area contributed by atoms with E-state index in [0.29, 0.717) is 5.75 Å². The van der Waals surface area contributed by atoms with Crippen molar-refractivity contribution in [3.63, 3.8) is 0 Å². The third-order valence-electron chi connectivity index (χ3n) is 1.14. The normalized spacial score (nSPS) is 9.92. The van der Waals surface area contributed by atoms with E-state index in [1.165, 1.54) is 11.8 Å². The third kappa shape index (κ3) is 2.90. The zero-order valence-corrected chi connectivity index (χ0v) is 7.90. The second kappa shape index (κ2) is 4.08. The molecule has 0 fully saturated rings. The molecule has 1 aromatic heterocycles. The van der Waals surface area contributed by atoms with Gasteiger partial charge in [0.2, 0.25) is 0 Å². The lowest BCUT2D eigenvalue weighted by atomic mass is 10.4. The van der Waals surface area contributed by atoms with Crippen molar-refractivity contribution in [1.82, 2.24) is 15.2 Å². The van der Waals surface area contributed by atoms with Gasteiger partial charge in [0.1, 0.15) is 0 Å². The van der Waals surface area contributed by atoms with Crippen molar-refractivity contribution < 1.29 is 0 Å². The van der Waals surface area contributed by atoms with Crippen molar-refractivity contribution in [1.29, 1.82) is 0 Å². The summed E-state index contributed by atoms with van der Waals surface area (Å²) in [4.78, 5) is 23.7. The highest BCUT2D eigenvalue weighted by Crippen LogP contribution is 2.11. The molecule has 13 heavy (non-hydrogen) atoms. The fourth-order valence-corrected chi connectivity index (χ4v) is 1.30. The molecule has 6 heteroatoms. The lowest BCUT2D eigenvalue weighted by Crippen LogP contribution is -2.25. The maximum Gasteiger partial charge on any atom is 0.342 e. The molecule has 0 unspecified atom stereocenters. The van der Waals surface area contributed by atoms with Crippen LogP contribution in [-0.2, 0) is 0 Å². The largest absolute Gasteiger partial charge is 0.342 e. The number of H-pyrrole nitrogens is 2. The first kappa shape index (κ1) is 9.79. The van der Waals surface area contributed by atoms with Crippen LogP contribution in [-0.4, -0.2) is 20.9 Å².